The molecule has 1 fully saturated rings. The summed E-state index contributed by atoms with van der Waals surface area (Å²) < 4.78 is 0. The Morgan fingerprint density at radius 2 is 2.20 bits per heavy atom. The van der Waals surface area contributed by atoms with Gasteiger partial charge in [-0.15, -0.1) is 11.3 Å². The van der Waals surface area contributed by atoms with Crippen LogP contribution in [0.15, 0.2) is 17.5 Å². The van der Waals surface area contributed by atoms with Gasteiger partial charge in [0.2, 0.25) is 5.91 Å². The molecule has 1 amide bonds. The van der Waals surface area contributed by atoms with E-state index in [4.69, 9.17) is 0 Å². The van der Waals surface area contributed by atoms with Crippen LogP contribution >= 0.6 is 11.3 Å². The minimum absolute atomic E-state index is 0.0308. The van der Waals surface area contributed by atoms with Gasteiger partial charge in [-0.2, -0.15) is 0 Å². The highest BCUT2D eigenvalue weighted by molar-refractivity contribution is 7.12. The molecule has 20 heavy (non-hydrogen) atoms. The molecule has 1 saturated carbocycles. The Kier molecular flexibility index (Phi) is 5.73. The van der Waals surface area contributed by atoms with E-state index >= 15 is 0 Å². The third-order valence-corrected chi connectivity index (χ3v) is 4.63. The molecule has 1 aromatic rings. The van der Waals surface area contributed by atoms with Gasteiger partial charge in [0.1, 0.15) is 0 Å². The summed E-state index contributed by atoms with van der Waals surface area (Å²) in [6.45, 7) is 0.614. The number of thiophene rings is 1. The lowest BCUT2D eigenvalue weighted by atomic mass is 9.87. The number of carbonyl (C=O) groups excluding carboxylic acids is 2. The number of carbonyl (C=O) groups is 2. The molecule has 0 radical (unpaired) electrons. The second-order valence-electron chi connectivity index (χ2n) is 5.39. The smallest absolute Gasteiger partial charge is 0.220 e. The molecule has 0 spiro atoms. The topological polar surface area (TPSA) is 66.4 Å². The fourth-order valence-electron chi connectivity index (χ4n) is 2.58. The number of Topliss-reactive ketones (excluding diaryl/α,β-unsaturated/α-hetero) is 1. The molecule has 2 N–H and O–H groups in total. The fourth-order valence-corrected chi connectivity index (χ4v) is 3.28. The maximum Gasteiger partial charge on any atom is 0.220 e. The molecule has 1 aliphatic rings. The first-order valence-corrected chi connectivity index (χ1v) is 8.04. The second kappa shape index (κ2) is 7.55. The SMILES string of the molecule is O=C(CCC(=O)c1cccs1)NCC1CCCC(O)C1. The second-order valence-corrected chi connectivity index (χ2v) is 6.34. The molecule has 1 heterocycles. The van der Waals surface area contributed by atoms with Gasteiger partial charge in [0, 0.05) is 19.4 Å². The Bertz CT molecular complexity index is 444. The highest BCUT2D eigenvalue weighted by Gasteiger charge is 2.20. The van der Waals surface area contributed by atoms with Crippen LogP contribution in [0, 0.1) is 5.92 Å². The summed E-state index contributed by atoms with van der Waals surface area (Å²) in [6.07, 6.45) is 4.02. The number of hydrogen-bond acceptors (Lipinski definition) is 4. The van der Waals surface area contributed by atoms with Gasteiger partial charge >= 0.3 is 0 Å². The zero-order valence-corrected chi connectivity index (χ0v) is 12.3. The zero-order chi connectivity index (χ0) is 14.4. The first-order valence-electron chi connectivity index (χ1n) is 7.16. The number of ketones is 1. The van der Waals surface area contributed by atoms with Crippen LogP contribution < -0.4 is 5.32 Å². The summed E-state index contributed by atoms with van der Waals surface area (Å²) >= 11 is 1.41. The highest BCUT2D eigenvalue weighted by Crippen LogP contribution is 2.23. The number of rotatable bonds is 6. The number of amides is 1. The molecule has 2 unspecified atom stereocenters. The van der Waals surface area contributed by atoms with E-state index in [0.29, 0.717) is 17.3 Å². The molecule has 2 atom stereocenters. The molecule has 0 saturated heterocycles. The minimum Gasteiger partial charge on any atom is -0.393 e. The number of nitrogens with one attached hydrogen (secondary N) is 1. The van der Waals surface area contributed by atoms with Gasteiger partial charge in [-0.3, -0.25) is 9.59 Å². The predicted molar refractivity (Wildman–Crippen MR) is 78.9 cm³/mol. The quantitative estimate of drug-likeness (QED) is 0.792. The number of aliphatic hydroxyl groups is 1. The summed E-state index contributed by atoms with van der Waals surface area (Å²) in [5, 5.41) is 14.3. The fraction of sp³-hybridized carbons (Fsp3) is 0.600. The van der Waals surface area contributed by atoms with E-state index in [-0.39, 0.29) is 30.6 Å². The van der Waals surface area contributed by atoms with Crippen molar-refractivity contribution in [2.24, 2.45) is 5.92 Å². The number of aliphatic hydroxyl groups excluding tert-OH is 1. The number of hydrogen-bond donors (Lipinski definition) is 2. The highest BCUT2D eigenvalue weighted by atomic mass is 32.1. The van der Waals surface area contributed by atoms with Crippen LogP contribution in [0.1, 0.15) is 48.2 Å². The van der Waals surface area contributed by atoms with Crippen LogP contribution in [-0.4, -0.2) is 29.4 Å². The van der Waals surface area contributed by atoms with Gasteiger partial charge in [-0.05, 0) is 36.6 Å². The molecular weight excluding hydrogens is 274 g/mol. The van der Waals surface area contributed by atoms with E-state index < -0.39 is 0 Å². The van der Waals surface area contributed by atoms with Crippen molar-refractivity contribution in [3.05, 3.63) is 22.4 Å². The van der Waals surface area contributed by atoms with Crippen LogP contribution in [-0.2, 0) is 4.79 Å². The lowest BCUT2D eigenvalue weighted by Crippen LogP contribution is -2.33. The third-order valence-electron chi connectivity index (χ3n) is 3.72. The Morgan fingerprint density at radius 1 is 1.35 bits per heavy atom. The lowest BCUT2D eigenvalue weighted by Gasteiger charge is -2.25. The Hall–Kier alpha value is -1.20. The average molecular weight is 295 g/mol. The maximum absolute atomic E-state index is 11.8. The Balaban J connectivity index is 1.64. The molecule has 0 aliphatic heterocycles. The Morgan fingerprint density at radius 3 is 2.90 bits per heavy atom. The van der Waals surface area contributed by atoms with Crippen molar-refractivity contribution in [1.29, 1.82) is 0 Å². The lowest BCUT2D eigenvalue weighted by molar-refractivity contribution is -0.121. The van der Waals surface area contributed by atoms with Crippen molar-refractivity contribution in [1.82, 2.24) is 5.32 Å². The van der Waals surface area contributed by atoms with Crippen LogP contribution in [0.3, 0.4) is 0 Å². The monoisotopic (exact) mass is 295 g/mol. The standard InChI is InChI=1S/C15H21NO3S/c17-12-4-1-3-11(9-12)10-16-15(19)7-6-13(18)14-5-2-8-20-14/h2,5,8,11-12,17H,1,3-4,6-7,9-10H2,(H,16,19). The molecular formula is C15H21NO3S. The van der Waals surface area contributed by atoms with Gasteiger partial charge < -0.3 is 10.4 Å². The first kappa shape index (κ1) is 15.2. The largest absolute Gasteiger partial charge is 0.393 e. The molecule has 0 aromatic carbocycles. The van der Waals surface area contributed by atoms with E-state index in [2.05, 4.69) is 5.32 Å². The van der Waals surface area contributed by atoms with Gasteiger partial charge in [-0.1, -0.05) is 12.5 Å². The molecule has 110 valence electrons. The van der Waals surface area contributed by atoms with Gasteiger partial charge in [0.15, 0.2) is 5.78 Å². The molecule has 0 bridgehead atoms. The van der Waals surface area contributed by atoms with E-state index in [0.717, 1.165) is 25.7 Å². The van der Waals surface area contributed by atoms with Crippen LogP contribution in [0.25, 0.3) is 0 Å². The zero-order valence-electron chi connectivity index (χ0n) is 11.5. The van der Waals surface area contributed by atoms with Crippen LogP contribution in [0.4, 0.5) is 0 Å². The van der Waals surface area contributed by atoms with E-state index in [1.807, 2.05) is 11.4 Å². The first-order chi connectivity index (χ1) is 9.65. The maximum atomic E-state index is 11.8. The summed E-state index contributed by atoms with van der Waals surface area (Å²) in [7, 11) is 0. The normalized spacial score (nSPS) is 22.4. The molecule has 1 aliphatic carbocycles. The van der Waals surface area contributed by atoms with Crippen molar-refractivity contribution in [2.75, 3.05) is 6.54 Å². The van der Waals surface area contributed by atoms with Crippen LogP contribution in [0.2, 0.25) is 0 Å². The summed E-state index contributed by atoms with van der Waals surface area (Å²) in [6, 6.07) is 3.63. The molecule has 1 aromatic heterocycles. The third kappa shape index (κ3) is 4.72. The molecule has 4 nitrogen and oxygen atoms in total. The van der Waals surface area contributed by atoms with Gasteiger partial charge in [0.05, 0.1) is 11.0 Å². The van der Waals surface area contributed by atoms with Gasteiger partial charge in [-0.25, -0.2) is 0 Å². The van der Waals surface area contributed by atoms with Crippen molar-refractivity contribution in [3.8, 4) is 0 Å². The molecule has 5 heteroatoms. The minimum atomic E-state index is -0.217. The molecule has 2 rings (SSSR count). The van der Waals surface area contributed by atoms with E-state index in [1.54, 1.807) is 6.07 Å². The van der Waals surface area contributed by atoms with Crippen molar-refractivity contribution < 1.29 is 14.7 Å². The van der Waals surface area contributed by atoms with E-state index in [1.165, 1.54) is 11.3 Å². The van der Waals surface area contributed by atoms with E-state index in [9.17, 15) is 14.7 Å². The average Bonchev–Trinajstić information content (AvgIpc) is 2.97. The van der Waals surface area contributed by atoms with Crippen molar-refractivity contribution in [2.45, 2.75) is 44.6 Å². The summed E-state index contributed by atoms with van der Waals surface area (Å²) in [5.74, 6) is 0.328. The Labute approximate surface area is 123 Å². The van der Waals surface area contributed by atoms with Crippen LogP contribution in [0.5, 0.6) is 0 Å². The van der Waals surface area contributed by atoms with Crippen molar-refractivity contribution in [3.63, 3.8) is 0 Å². The summed E-state index contributed by atoms with van der Waals surface area (Å²) in [4.78, 5) is 24.2. The van der Waals surface area contributed by atoms with Gasteiger partial charge in [0.25, 0.3) is 0 Å². The van der Waals surface area contributed by atoms with Crippen molar-refractivity contribution >= 4 is 23.0 Å². The predicted octanol–water partition coefficient (Wildman–Crippen LogP) is 2.38. The summed E-state index contributed by atoms with van der Waals surface area (Å²) in [5.41, 5.74) is 0.